The van der Waals surface area contributed by atoms with Crippen LogP contribution in [-0.4, -0.2) is 70.1 Å². The highest BCUT2D eigenvalue weighted by Crippen LogP contribution is 2.60. The smallest absolute Gasteiger partial charge is 0.309 e. The molecule has 37 heavy (non-hydrogen) atoms. The molecule has 1 atom stereocenters. The molecule has 0 bridgehead atoms. The van der Waals surface area contributed by atoms with E-state index in [-0.39, 0.29) is 11.1 Å². The van der Waals surface area contributed by atoms with Crippen LogP contribution in [-0.2, 0) is 11.8 Å². The van der Waals surface area contributed by atoms with Crippen LogP contribution in [0.15, 0.2) is 45.8 Å². The molecule has 3 aliphatic rings. The molecule has 2 radical (unpaired) electrons. The summed E-state index contributed by atoms with van der Waals surface area (Å²) in [6.07, 6.45) is 2.58. The van der Waals surface area contributed by atoms with Crippen molar-refractivity contribution in [3.63, 3.8) is 0 Å². The van der Waals surface area contributed by atoms with Gasteiger partial charge in [-0.05, 0) is 61.0 Å². The van der Waals surface area contributed by atoms with Crippen LogP contribution in [0.1, 0.15) is 24.0 Å². The molecule has 1 aliphatic heterocycles. The van der Waals surface area contributed by atoms with E-state index < -0.39 is 17.3 Å². The van der Waals surface area contributed by atoms with E-state index in [2.05, 4.69) is 9.88 Å². The SMILES string of the molecule is [B]C1(O)N(c2ccc3c(c2)-c2onc(NSc4c(OC)cccc4OC)c2CC32CC2)C(O)(O)C1(O)O. The van der Waals surface area contributed by atoms with Gasteiger partial charge in [0.1, 0.15) is 16.4 Å². The van der Waals surface area contributed by atoms with Crippen molar-refractivity contribution in [2.24, 2.45) is 0 Å². The van der Waals surface area contributed by atoms with Gasteiger partial charge in [-0.25, -0.2) is 0 Å². The quantitative estimate of drug-likeness (QED) is 0.154. The first kappa shape index (κ1) is 24.4. The second-order valence-corrected chi connectivity index (χ2v) is 10.4. The van der Waals surface area contributed by atoms with Gasteiger partial charge in [-0.1, -0.05) is 17.3 Å². The number of anilines is 2. The third-order valence-electron chi connectivity index (χ3n) is 7.50. The zero-order chi connectivity index (χ0) is 26.4. The average Bonchev–Trinajstić information content (AvgIpc) is 3.52. The first-order valence-corrected chi connectivity index (χ1v) is 12.3. The largest absolute Gasteiger partial charge is 0.495 e. The van der Waals surface area contributed by atoms with Gasteiger partial charge in [0.05, 0.1) is 14.2 Å². The zero-order valence-electron chi connectivity index (χ0n) is 19.9. The maximum atomic E-state index is 10.4. The van der Waals surface area contributed by atoms with Crippen LogP contribution in [0.4, 0.5) is 11.5 Å². The van der Waals surface area contributed by atoms with E-state index in [4.69, 9.17) is 21.8 Å². The van der Waals surface area contributed by atoms with Crippen molar-refractivity contribution < 1.29 is 39.5 Å². The van der Waals surface area contributed by atoms with Gasteiger partial charge in [0.25, 0.3) is 5.79 Å². The summed E-state index contributed by atoms with van der Waals surface area (Å²) in [5.74, 6) is -4.33. The van der Waals surface area contributed by atoms with Crippen LogP contribution in [0.25, 0.3) is 11.3 Å². The minimum atomic E-state index is -3.38. The van der Waals surface area contributed by atoms with E-state index in [1.807, 2.05) is 18.2 Å². The first-order chi connectivity index (χ1) is 17.5. The number of fused-ring (bicyclic) bond motifs is 4. The Balaban J connectivity index is 1.37. The molecule has 1 aromatic heterocycles. The molecule has 0 amide bonds. The van der Waals surface area contributed by atoms with Gasteiger partial charge in [-0.15, -0.1) is 0 Å². The predicted octanol–water partition coefficient (Wildman–Crippen LogP) is 1.02. The fourth-order valence-electron chi connectivity index (χ4n) is 5.25. The summed E-state index contributed by atoms with van der Waals surface area (Å²) < 4.78 is 19.9. The fraction of sp³-hybridized carbons (Fsp3) is 0.375. The van der Waals surface area contributed by atoms with Crippen LogP contribution in [0.3, 0.4) is 0 Å². The lowest BCUT2D eigenvalue weighted by Gasteiger charge is -2.64. The van der Waals surface area contributed by atoms with E-state index >= 15 is 0 Å². The Labute approximate surface area is 217 Å². The second kappa shape index (κ2) is 7.79. The van der Waals surface area contributed by atoms with Crippen molar-refractivity contribution in [3.05, 3.63) is 47.5 Å². The van der Waals surface area contributed by atoms with Crippen molar-refractivity contribution in [2.75, 3.05) is 23.8 Å². The van der Waals surface area contributed by atoms with Crippen LogP contribution < -0.4 is 19.1 Å². The average molecular weight is 525 g/mol. The van der Waals surface area contributed by atoms with Crippen LogP contribution in [0.2, 0.25) is 0 Å². The van der Waals surface area contributed by atoms with Gasteiger partial charge in [0.15, 0.2) is 25.0 Å². The monoisotopic (exact) mass is 525 g/mol. The molecule has 1 spiro atoms. The number of rotatable bonds is 6. The van der Waals surface area contributed by atoms with Crippen LogP contribution in [0.5, 0.6) is 11.5 Å². The summed E-state index contributed by atoms with van der Waals surface area (Å²) in [7, 11) is 8.78. The number of ether oxygens (including phenoxy) is 2. The highest BCUT2D eigenvalue weighted by atomic mass is 32.2. The third-order valence-corrected chi connectivity index (χ3v) is 8.40. The molecule has 6 rings (SSSR count). The zero-order valence-corrected chi connectivity index (χ0v) is 20.7. The Morgan fingerprint density at radius 3 is 2.32 bits per heavy atom. The van der Waals surface area contributed by atoms with Gasteiger partial charge in [-0.2, -0.15) is 0 Å². The van der Waals surface area contributed by atoms with Crippen molar-refractivity contribution >= 4 is 31.3 Å². The van der Waals surface area contributed by atoms with E-state index in [1.165, 1.54) is 18.0 Å². The van der Waals surface area contributed by atoms with Crippen molar-refractivity contribution in [3.8, 4) is 22.8 Å². The van der Waals surface area contributed by atoms with Gasteiger partial charge < -0.3 is 44.3 Å². The molecule has 6 N–H and O–H groups in total. The summed E-state index contributed by atoms with van der Waals surface area (Å²) >= 11 is 1.27. The van der Waals surface area contributed by atoms with Crippen molar-refractivity contribution in [2.45, 2.75) is 46.9 Å². The minimum absolute atomic E-state index is 0.0511. The standard InChI is InChI=1S/C24H24BN3O8S/c1-34-16-4-3-5-17(35-2)19(16)37-27-20-14-11-21(8-9-21)15-7-6-12(10-13(15)18(14)36-26-20)28-23(25,31)22(29,30)24(28,32)33/h3-7,10,29-33H,8-9,11H2,1-2H3,(H,26,27). The molecule has 2 fully saturated rings. The fourth-order valence-corrected chi connectivity index (χ4v) is 6.12. The number of nitrogens with one attached hydrogen (secondary N) is 1. The van der Waals surface area contributed by atoms with Crippen LogP contribution >= 0.6 is 11.9 Å². The van der Waals surface area contributed by atoms with Crippen molar-refractivity contribution in [1.82, 2.24) is 5.16 Å². The van der Waals surface area contributed by atoms with E-state index in [0.29, 0.717) is 40.0 Å². The van der Waals surface area contributed by atoms with Crippen molar-refractivity contribution in [1.29, 1.82) is 0 Å². The molecular weight excluding hydrogens is 501 g/mol. The molecule has 3 aromatic rings. The number of nitrogens with zero attached hydrogens (tertiary/aromatic N) is 2. The molecule has 1 saturated heterocycles. The van der Waals surface area contributed by atoms with E-state index in [1.54, 1.807) is 26.4 Å². The predicted molar refractivity (Wildman–Crippen MR) is 133 cm³/mol. The Morgan fingerprint density at radius 1 is 1.05 bits per heavy atom. The molecule has 13 heteroatoms. The molecule has 11 nitrogen and oxygen atoms in total. The maximum Gasteiger partial charge on any atom is 0.309 e. The minimum Gasteiger partial charge on any atom is -0.495 e. The second-order valence-electron chi connectivity index (χ2n) is 9.59. The molecule has 192 valence electrons. The molecule has 2 aromatic carbocycles. The number of aromatic nitrogens is 1. The Hall–Kier alpha value is -2.94. The third kappa shape index (κ3) is 3.19. The highest BCUT2D eigenvalue weighted by molar-refractivity contribution is 8.00. The number of hydrogen-bond donors (Lipinski definition) is 6. The lowest BCUT2D eigenvalue weighted by Crippen LogP contribution is -2.92. The number of aliphatic hydroxyl groups is 5. The first-order valence-electron chi connectivity index (χ1n) is 11.5. The van der Waals surface area contributed by atoms with Gasteiger partial charge in [-0.3, -0.25) is 4.90 Å². The highest BCUT2D eigenvalue weighted by Gasteiger charge is 2.77. The van der Waals surface area contributed by atoms with E-state index in [9.17, 15) is 25.5 Å². The summed E-state index contributed by atoms with van der Waals surface area (Å²) in [6, 6.07) is 10.4. The van der Waals surface area contributed by atoms with E-state index in [0.717, 1.165) is 28.9 Å². The normalized spacial score (nSPS) is 23.6. The summed E-state index contributed by atoms with van der Waals surface area (Å²) in [4.78, 5) is 1.26. The Kier molecular flexibility index (Phi) is 5.14. The topological polar surface area (TPSA) is 161 Å². The maximum absolute atomic E-state index is 10.4. The molecule has 1 unspecified atom stereocenters. The Morgan fingerprint density at radius 2 is 1.73 bits per heavy atom. The summed E-state index contributed by atoms with van der Waals surface area (Å²) in [5.41, 5.74) is -0.457. The van der Waals surface area contributed by atoms with Crippen LogP contribution in [0, 0.1) is 0 Å². The number of methoxy groups -OCH3 is 2. The van der Waals surface area contributed by atoms with Gasteiger partial charge in [0.2, 0.25) is 0 Å². The number of hydrogen-bond acceptors (Lipinski definition) is 12. The summed E-state index contributed by atoms with van der Waals surface area (Å²) in [5, 5.41) is 54.9. The van der Waals surface area contributed by atoms with Gasteiger partial charge >= 0.3 is 5.91 Å². The molecule has 2 aliphatic carbocycles. The molecular formula is C24H24BN3O8S. The summed E-state index contributed by atoms with van der Waals surface area (Å²) in [6.45, 7) is 0. The number of benzene rings is 2. The molecule has 1 saturated carbocycles. The Bertz CT molecular complexity index is 1360. The lowest BCUT2D eigenvalue weighted by atomic mass is 9.69. The molecule has 2 heterocycles. The van der Waals surface area contributed by atoms with Gasteiger partial charge in [0, 0.05) is 22.2 Å². The lowest BCUT2D eigenvalue weighted by molar-refractivity contribution is -0.456.